The molecule has 0 saturated heterocycles. The highest BCUT2D eigenvalue weighted by Crippen LogP contribution is 2.29. The standard InChI is InChI=1S/C13H23N3O4/c1-3-6-15(8-11(17)14-2)13(20)16(9-12(18)19)7-10-4-5-10/h10H,3-9H2,1-2H3,(H,14,17)(H,18,19). The van der Waals surface area contributed by atoms with Crippen LogP contribution in [0.25, 0.3) is 0 Å². The number of nitrogens with zero attached hydrogens (tertiary/aromatic N) is 2. The largest absolute Gasteiger partial charge is 0.480 e. The smallest absolute Gasteiger partial charge is 0.323 e. The number of nitrogens with one attached hydrogen (secondary N) is 1. The Labute approximate surface area is 118 Å². The van der Waals surface area contributed by atoms with Gasteiger partial charge in [-0.05, 0) is 25.2 Å². The Morgan fingerprint density at radius 1 is 1.20 bits per heavy atom. The van der Waals surface area contributed by atoms with Crippen LogP contribution in [0, 0.1) is 5.92 Å². The zero-order valence-corrected chi connectivity index (χ0v) is 12.1. The summed E-state index contributed by atoms with van der Waals surface area (Å²) < 4.78 is 0. The van der Waals surface area contributed by atoms with E-state index < -0.39 is 5.97 Å². The number of likely N-dealkylation sites (N-methyl/N-ethyl adjacent to an activating group) is 1. The van der Waals surface area contributed by atoms with E-state index in [0.717, 1.165) is 12.8 Å². The van der Waals surface area contributed by atoms with Gasteiger partial charge in [-0.1, -0.05) is 6.92 Å². The van der Waals surface area contributed by atoms with Gasteiger partial charge in [-0.2, -0.15) is 0 Å². The number of carbonyl (C=O) groups is 3. The van der Waals surface area contributed by atoms with E-state index in [1.807, 2.05) is 6.92 Å². The summed E-state index contributed by atoms with van der Waals surface area (Å²) in [4.78, 5) is 37.5. The minimum atomic E-state index is -1.03. The van der Waals surface area contributed by atoms with Crippen molar-refractivity contribution in [3.63, 3.8) is 0 Å². The Morgan fingerprint density at radius 2 is 1.85 bits per heavy atom. The number of amides is 3. The Morgan fingerprint density at radius 3 is 2.30 bits per heavy atom. The van der Waals surface area contributed by atoms with Gasteiger partial charge in [0.05, 0.1) is 0 Å². The van der Waals surface area contributed by atoms with Crippen molar-refractivity contribution in [2.45, 2.75) is 26.2 Å². The molecular weight excluding hydrogens is 262 g/mol. The highest BCUT2D eigenvalue weighted by atomic mass is 16.4. The summed E-state index contributed by atoms with van der Waals surface area (Å²) in [6.07, 6.45) is 2.78. The van der Waals surface area contributed by atoms with Gasteiger partial charge in [0.15, 0.2) is 0 Å². The van der Waals surface area contributed by atoms with Gasteiger partial charge < -0.3 is 20.2 Å². The van der Waals surface area contributed by atoms with Gasteiger partial charge in [-0.15, -0.1) is 0 Å². The monoisotopic (exact) mass is 285 g/mol. The molecule has 2 N–H and O–H groups in total. The third kappa shape index (κ3) is 5.46. The molecule has 0 spiro atoms. The van der Waals surface area contributed by atoms with Crippen molar-refractivity contribution in [1.82, 2.24) is 15.1 Å². The average molecular weight is 285 g/mol. The van der Waals surface area contributed by atoms with Gasteiger partial charge in [0.1, 0.15) is 13.1 Å². The maximum absolute atomic E-state index is 12.4. The molecule has 0 bridgehead atoms. The highest BCUT2D eigenvalue weighted by molar-refractivity contribution is 5.85. The average Bonchev–Trinajstić information content (AvgIpc) is 3.19. The van der Waals surface area contributed by atoms with E-state index in [4.69, 9.17) is 5.11 Å². The molecule has 0 aliphatic heterocycles. The normalized spacial score (nSPS) is 13.7. The van der Waals surface area contributed by atoms with Gasteiger partial charge in [0, 0.05) is 20.1 Å². The van der Waals surface area contributed by atoms with Crippen molar-refractivity contribution in [1.29, 1.82) is 0 Å². The topological polar surface area (TPSA) is 90.0 Å². The molecule has 0 radical (unpaired) electrons. The number of aliphatic carboxylic acids is 1. The number of carboxylic acid groups (broad SMARTS) is 1. The minimum absolute atomic E-state index is 0.0377. The van der Waals surface area contributed by atoms with Crippen molar-refractivity contribution in [3.05, 3.63) is 0 Å². The lowest BCUT2D eigenvalue weighted by atomic mass is 10.3. The molecule has 3 amide bonds. The SMILES string of the molecule is CCCN(CC(=O)NC)C(=O)N(CC(=O)O)CC1CC1. The Balaban J connectivity index is 2.69. The van der Waals surface area contributed by atoms with Crippen molar-refractivity contribution < 1.29 is 19.5 Å². The maximum Gasteiger partial charge on any atom is 0.323 e. The molecule has 1 aliphatic rings. The van der Waals surface area contributed by atoms with Crippen molar-refractivity contribution in [2.24, 2.45) is 5.92 Å². The fourth-order valence-corrected chi connectivity index (χ4v) is 1.95. The van der Waals surface area contributed by atoms with Crippen LogP contribution in [0.15, 0.2) is 0 Å². The lowest BCUT2D eigenvalue weighted by molar-refractivity contribution is -0.137. The summed E-state index contributed by atoms with van der Waals surface area (Å²) >= 11 is 0. The molecule has 20 heavy (non-hydrogen) atoms. The molecule has 0 aromatic rings. The second-order valence-electron chi connectivity index (χ2n) is 5.09. The predicted octanol–water partition coefficient (Wildman–Crippen LogP) is 0.361. The molecule has 7 nitrogen and oxygen atoms in total. The van der Waals surface area contributed by atoms with Crippen LogP contribution in [0.3, 0.4) is 0 Å². The number of hydrogen-bond donors (Lipinski definition) is 2. The number of carbonyl (C=O) groups excluding carboxylic acids is 2. The van der Waals surface area contributed by atoms with Crippen molar-refractivity contribution in [2.75, 3.05) is 33.2 Å². The first-order valence-electron chi connectivity index (χ1n) is 6.94. The summed E-state index contributed by atoms with van der Waals surface area (Å²) in [6.45, 7) is 2.45. The summed E-state index contributed by atoms with van der Waals surface area (Å²) in [5, 5.41) is 11.4. The first-order valence-corrected chi connectivity index (χ1v) is 6.94. The molecule has 1 aliphatic carbocycles. The molecular formula is C13H23N3O4. The summed E-state index contributed by atoms with van der Waals surface area (Å²) in [7, 11) is 1.51. The number of urea groups is 1. The first-order chi connectivity index (χ1) is 9.47. The predicted molar refractivity (Wildman–Crippen MR) is 73.3 cm³/mol. The summed E-state index contributed by atoms with van der Waals surface area (Å²) in [6, 6.07) is -0.371. The molecule has 1 fully saturated rings. The Kier molecular flexibility index (Phi) is 6.27. The third-order valence-electron chi connectivity index (χ3n) is 3.15. The first kappa shape index (κ1) is 16.3. The molecule has 0 unspecified atom stereocenters. The van der Waals surface area contributed by atoms with Crippen LogP contribution in [-0.2, 0) is 9.59 Å². The van der Waals surface area contributed by atoms with E-state index in [9.17, 15) is 14.4 Å². The van der Waals surface area contributed by atoms with E-state index in [-0.39, 0.29) is 25.0 Å². The molecule has 0 aromatic heterocycles. The van der Waals surface area contributed by atoms with Crippen LogP contribution < -0.4 is 5.32 Å². The lowest BCUT2D eigenvalue weighted by Crippen LogP contribution is -2.49. The second kappa shape index (κ2) is 7.72. The van der Waals surface area contributed by atoms with Crippen LogP contribution in [0.4, 0.5) is 4.79 Å². The van der Waals surface area contributed by atoms with Crippen molar-refractivity contribution in [3.8, 4) is 0 Å². The fourth-order valence-electron chi connectivity index (χ4n) is 1.95. The number of carboxylic acids is 1. The van der Waals surface area contributed by atoms with Gasteiger partial charge >= 0.3 is 12.0 Å². The lowest BCUT2D eigenvalue weighted by Gasteiger charge is -2.29. The van der Waals surface area contributed by atoms with Crippen LogP contribution in [-0.4, -0.2) is 66.0 Å². The van der Waals surface area contributed by atoms with Crippen LogP contribution in [0.2, 0.25) is 0 Å². The van der Waals surface area contributed by atoms with E-state index >= 15 is 0 Å². The molecule has 1 saturated carbocycles. The summed E-state index contributed by atoms with van der Waals surface area (Å²) in [5.41, 5.74) is 0. The molecule has 0 aromatic carbocycles. The minimum Gasteiger partial charge on any atom is -0.480 e. The van der Waals surface area contributed by atoms with Crippen molar-refractivity contribution >= 4 is 17.9 Å². The highest BCUT2D eigenvalue weighted by Gasteiger charge is 2.30. The maximum atomic E-state index is 12.4. The number of rotatable bonds is 8. The zero-order valence-electron chi connectivity index (χ0n) is 12.1. The Hall–Kier alpha value is -1.79. The van der Waals surface area contributed by atoms with Crippen LogP contribution >= 0.6 is 0 Å². The van der Waals surface area contributed by atoms with Gasteiger partial charge in [0.25, 0.3) is 0 Å². The Bertz CT molecular complexity index is 369. The van der Waals surface area contributed by atoms with Gasteiger partial charge in [-0.25, -0.2) is 4.79 Å². The van der Waals surface area contributed by atoms with E-state index in [0.29, 0.717) is 25.4 Å². The molecule has 7 heteroatoms. The van der Waals surface area contributed by atoms with Gasteiger partial charge in [0.2, 0.25) is 5.91 Å². The molecule has 114 valence electrons. The number of hydrogen-bond acceptors (Lipinski definition) is 3. The van der Waals surface area contributed by atoms with E-state index in [1.54, 1.807) is 0 Å². The fraction of sp³-hybridized carbons (Fsp3) is 0.769. The van der Waals surface area contributed by atoms with Crippen LogP contribution in [0.1, 0.15) is 26.2 Å². The molecule has 0 atom stereocenters. The van der Waals surface area contributed by atoms with Crippen LogP contribution in [0.5, 0.6) is 0 Å². The molecule has 0 heterocycles. The second-order valence-corrected chi connectivity index (χ2v) is 5.09. The third-order valence-corrected chi connectivity index (χ3v) is 3.15. The molecule has 1 rings (SSSR count). The summed E-state index contributed by atoms with van der Waals surface area (Å²) in [5.74, 6) is -0.884. The van der Waals surface area contributed by atoms with E-state index in [1.165, 1.54) is 16.8 Å². The van der Waals surface area contributed by atoms with Gasteiger partial charge in [-0.3, -0.25) is 9.59 Å². The zero-order chi connectivity index (χ0) is 15.1. The van der Waals surface area contributed by atoms with E-state index in [2.05, 4.69) is 5.32 Å². The quantitative estimate of drug-likeness (QED) is 0.674.